The molecule has 118 valence electrons. The minimum absolute atomic E-state index is 0.0953. The number of carbonyl (C=O) groups is 1. The molecule has 1 aromatic heterocycles. The molecule has 0 unspecified atom stereocenters. The fourth-order valence-corrected chi connectivity index (χ4v) is 3.34. The lowest BCUT2D eigenvalue weighted by atomic mass is 10.1. The smallest absolute Gasteiger partial charge is 0.274 e. The Labute approximate surface area is 125 Å². The number of hydrogen-bond acceptors (Lipinski definition) is 4. The van der Waals surface area contributed by atoms with E-state index in [0.717, 1.165) is 5.69 Å². The average molecular weight is 314 g/mol. The van der Waals surface area contributed by atoms with Crippen LogP contribution in [0.25, 0.3) is 0 Å². The molecule has 2 heterocycles. The largest absolute Gasteiger partial charge is 0.335 e. The highest BCUT2D eigenvalue weighted by molar-refractivity contribution is 7.89. The summed E-state index contributed by atoms with van der Waals surface area (Å²) >= 11 is 0. The zero-order valence-corrected chi connectivity index (χ0v) is 13.5. The summed E-state index contributed by atoms with van der Waals surface area (Å²) in [4.78, 5) is 14.0. The molecule has 1 aromatic rings. The second-order valence-electron chi connectivity index (χ2n) is 5.46. The van der Waals surface area contributed by atoms with Gasteiger partial charge in [-0.2, -0.15) is 9.40 Å². The molecule has 0 aromatic carbocycles. The van der Waals surface area contributed by atoms with Gasteiger partial charge in [-0.1, -0.05) is 13.8 Å². The number of carbonyl (C=O) groups excluding carboxylic acids is 1. The molecule has 0 atom stereocenters. The Morgan fingerprint density at radius 2 is 1.95 bits per heavy atom. The van der Waals surface area contributed by atoms with E-state index in [1.807, 2.05) is 13.8 Å². The topological polar surface area (TPSA) is 86.4 Å². The van der Waals surface area contributed by atoms with Crippen LogP contribution in [0.5, 0.6) is 0 Å². The summed E-state index contributed by atoms with van der Waals surface area (Å²) in [5, 5.41) is 6.91. The third-order valence-electron chi connectivity index (χ3n) is 3.72. The molecule has 1 saturated heterocycles. The second kappa shape index (κ2) is 6.15. The molecule has 1 aliphatic heterocycles. The number of rotatable bonds is 4. The summed E-state index contributed by atoms with van der Waals surface area (Å²) in [5.74, 6) is 0.232. The van der Waals surface area contributed by atoms with Crippen molar-refractivity contribution < 1.29 is 13.2 Å². The highest BCUT2D eigenvalue weighted by atomic mass is 32.2. The van der Waals surface area contributed by atoms with Crippen LogP contribution in [0.2, 0.25) is 0 Å². The summed E-state index contributed by atoms with van der Waals surface area (Å²) in [6.45, 7) is 7.19. The third-order valence-corrected chi connectivity index (χ3v) is 5.60. The number of aromatic nitrogens is 2. The van der Waals surface area contributed by atoms with Crippen LogP contribution < -0.4 is 0 Å². The summed E-state index contributed by atoms with van der Waals surface area (Å²) in [5.41, 5.74) is 1.32. The van der Waals surface area contributed by atoms with Crippen molar-refractivity contribution in [3.63, 3.8) is 0 Å². The van der Waals surface area contributed by atoms with Gasteiger partial charge in [0.1, 0.15) is 5.69 Å². The molecule has 1 amide bonds. The maximum absolute atomic E-state index is 12.3. The molecule has 1 fully saturated rings. The van der Waals surface area contributed by atoms with Crippen molar-refractivity contribution in [1.29, 1.82) is 0 Å². The van der Waals surface area contributed by atoms with E-state index in [9.17, 15) is 13.2 Å². The van der Waals surface area contributed by atoms with Gasteiger partial charge < -0.3 is 4.90 Å². The van der Waals surface area contributed by atoms with Crippen LogP contribution in [0.3, 0.4) is 0 Å². The first-order chi connectivity index (χ1) is 9.85. The monoisotopic (exact) mass is 314 g/mol. The van der Waals surface area contributed by atoms with Crippen molar-refractivity contribution in [3.05, 3.63) is 17.5 Å². The molecule has 0 aliphatic carbocycles. The Kier molecular flexibility index (Phi) is 4.67. The SMILES string of the molecule is CCS(=O)(=O)N1CCN(C(=O)c2cc(C(C)C)[nH]n2)CC1. The summed E-state index contributed by atoms with van der Waals surface area (Å²) in [7, 11) is -3.17. The van der Waals surface area contributed by atoms with Crippen LogP contribution in [0.15, 0.2) is 6.07 Å². The van der Waals surface area contributed by atoms with Crippen molar-refractivity contribution in [3.8, 4) is 0 Å². The van der Waals surface area contributed by atoms with Crippen LogP contribution in [0, 0.1) is 0 Å². The first-order valence-electron chi connectivity index (χ1n) is 7.17. The van der Waals surface area contributed by atoms with Gasteiger partial charge in [0, 0.05) is 31.9 Å². The van der Waals surface area contributed by atoms with Gasteiger partial charge in [0.15, 0.2) is 0 Å². The highest BCUT2D eigenvalue weighted by Crippen LogP contribution is 2.15. The fourth-order valence-electron chi connectivity index (χ4n) is 2.26. The van der Waals surface area contributed by atoms with Crippen molar-refractivity contribution in [2.24, 2.45) is 0 Å². The Bertz CT molecular complexity index is 601. The van der Waals surface area contributed by atoms with Crippen LogP contribution in [-0.4, -0.2) is 65.7 Å². The second-order valence-corrected chi connectivity index (χ2v) is 7.71. The Morgan fingerprint density at radius 3 is 2.43 bits per heavy atom. The lowest BCUT2D eigenvalue weighted by molar-refractivity contribution is 0.0692. The van der Waals surface area contributed by atoms with Crippen LogP contribution in [0.4, 0.5) is 0 Å². The van der Waals surface area contributed by atoms with Crippen LogP contribution in [0.1, 0.15) is 42.9 Å². The van der Waals surface area contributed by atoms with Gasteiger partial charge in [0.25, 0.3) is 5.91 Å². The van der Waals surface area contributed by atoms with Crippen molar-refractivity contribution in [2.45, 2.75) is 26.7 Å². The van der Waals surface area contributed by atoms with E-state index < -0.39 is 10.0 Å². The Hall–Kier alpha value is -1.41. The summed E-state index contributed by atoms with van der Waals surface area (Å²) in [6.07, 6.45) is 0. The number of piperazine rings is 1. The molecule has 0 saturated carbocycles. The molecule has 0 spiro atoms. The average Bonchev–Trinajstić information content (AvgIpc) is 2.96. The van der Waals surface area contributed by atoms with Gasteiger partial charge in [-0.05, 0) is 18.9 Å². The fraction of sp³-hybridized carbons (Fsp3) is 0.692. The van der Waals surface area contributed by atoms with Crippen molar-refractivity contribution in [2.75, 3.05) is 31.9 Å². The van der Waals surface area contributed by atoms with Gasteiger partial charge in [0.2, 0.25) is 10.0 Å². The summed E-state index contributed by atoms with van der Waals surface area (Å²) in [6, 6.07) is 1.77. The molecular formula is C13H22N4O3S. The van der Waals surface area contributed by atoms with E-state index in [1.54, 1.807) is 17.9 Å². The molecule has 1 N–H and O–H groups in total. The van der Waals surface area contributed by atoms with Gasteiger partial charge in [0.05, 0.1) is 5.75 Å². The highest BCUT2D eigenvalue weighted by Gasteiger charge is 2.28. The number of hydrogen-bond donors (Lipinski definition) is 1. The van der Waals surface area contributed by atoms with E-state index in [2.05, 4.69) is 10.2 Å². The number of amides is 1. The van der Waals surface area contributed by atoms with Gasteiger partial charge in [-0.3, -0.25) is 9.89 Å². The summed E-state index contributed by atoms with van der Waals surface area (Å²) < 4.78 is 25.0. The van der Waals surface area contributed by atoms with Crippen LogP contribution in [-0.2, 0) is 10.0 Å². The van der Waals surface area contributed by atoms with E-state index in [4.69, 9.17) is 0 Å². The van der Waals surface area contributed by atoms with Gasteiger partial charge in [-0.15, -0.1) is 0 Å². The third kappa shape index (κ3) is 3.44. The minimum atomic E-state index is -3.17. The zero-order valence-electron chi connectivity index (χ0n) is 12.7. The minimum Gasteiger partial charge on any atom is -0.335 e. The number of nitrogens with one attached hydrogen (secondary N) is 1. The normalized spacial score (nSPS) is 17.4. The first-order valence-corrected chi connectivity index (χ1v) is 8.78. The van der Waals surface area contributed by atoms with E-state index in [-0.39, 0.29) is 17.6 Å². The van der Waals surface area contributed by atoms with E-state index in [0.29, 0.717) is 31.9 Å². The number of nitrogens with zero attached hydrogens (tertiary/aromatic N) is 3. The molecular weight excluding hydrogens is 292 g/mol. The molecule has 0 radical (unpaired) electrons. The molecule has 1 aliphatic rings. The maximum atomic E-state index is 12.3. The predicted molar refractivity (Wildman–Crippen MR) is 79.6 cm³/mol. The van der Waals surface area contributed by atoms with Crippen molar-refractivity contribution in [1.82, 2.24) is 19.4 Å². The van der Waals surface area contributed by atoms with Crippen LogP contribution >= 0.6 is 0 Å². The zero-order chi connectivity index (χ0) is 15.6. The molecule has 0 bridgehead atoms. The van der Waals surface area contributed by atoms with E-state index >= 15 is 0 Å². The quantitative estimate of drug-likeness (QED) is 0.883. The lowest BCUT2D eigenvalue weighted by Crippen LogP contribution is -2.50. The van der Waals surface area contributed by atoms with Gasteiger partial charge in [-0.25, -0.2) is 8.42 Å². The van der Waals surface area contributed by atoms with Gasteiger partial charge >= 0.3 is 0 Å². The molecule has 8 heteroatoms. The molecule has 7 nitrogen and oxygen atoms in total. The van der Waals surface area contributed by atoms with Crippen molar-refractivity contribution >= 4 is 15.9 Å². The number of H-pyrrole nitrogens is 1. The molecule has 2 rings (SSSR count). The number of sulfonamides is 1. The Morgan fingerprint density at radius 1 is 1.33 bits per heavy atom. The predicted octanol–water partition coefficient (Wildman–Crippen LogP) is 0.641. The Balaban J connectivity index is 2.00. The first kappa shape index (κ1) is 16.0. The maximum Gasteiger partial charge on any atom is 0.274 e. The molecule has 21 heavy (non-hydrogen) atoms. The standard InChI is InChI=1S/C13H22N4O3S/c1-4-21(19,20)17-7-5-16(6-8-17)13(18)12-9-11(10(2)3)14-15-12/h9-10H,4-8H2,1-3H3,(H,14,15). The number of aromatic amines is 1. The lowest BCUT2D eigenvalue weighted by Gasteiger charge is -2.33. The van der Waals surface area contributed by atoms with E-state index in [1.165, 1.54) is 4.31 Å².